The van der Waals surface area contributed by atoms with E-state index in [9.17, 15) is 18.5 Å². The number of halogens is 1. The van der Waals surface area contributed by atoms with E-state index in [-0.39, 0.29) is 17.8 Å². The second kappa shape index (κ2) is 6.25. The SMILES string of the molecule is CS(=O)(=O)OC1CCC([N+](=O)[O-])C(c2ccc(Cl)nc2)C1. The summed E-state index contributed by atoms with van der Waals surface area (Å²) in [5.74, 6) is -0.440. The van der Waals surface area contributed by atoms with Gasteiger partial charge in [0.1, 0.15) is 5.15 Å². The van der Waals surface area contributed by atoms with Gasteiger partial charge in [0, 0.05) is 17.5 Å². The van der Waals surface area contributed by atoms with Crippen LogP contribution >= 0.6 is 11.6 Å². The van der Waals surface area contributed by atoms with Crippen molar-refractivity contribution < 1.29 is 17.5 Å². The Hall–Kier alpha value is -1.25. The third-order valence-corrected chi connectivity index (χ3v) is 4.37. The Morgan fingerprint density at radius 1 is 1.43 bits per heavy atom. The van der Waals surface area contributed by atoms with Gasteiger partial charge in [0.2, 0.25) is 6.04 Å². The molecule has 0 aliphatic heterocycles. The van der Waals surface area contributed by atoms with Crippen molar-refractivity contribution in [3.63, 3.8) is 0 Å². The molecular formula is C12H15ClN2O5S. The van der Waals surface area contributed by atoms with Crippen LogP contribution in [0.4, 0.5) is 0 Å². The molecule has 0 radical (unpaired) electrons. The zero-order valence-corrected chi connectivity index (χ0v) is 12.9. The lowest BCUT2D eigenvalue weighted by Crippen LogP contribution is -2.37. The molecule has 0 saturated heterocycles. The Morgan fingerprint density at radius 3 is 2.67 bits per heavy atom. The highest BCUT2D eigenvalue weighted by Crippen LogP contribution is 2.36. The quantitative estimate of drug-likeness (QED) is 0.361. The minimum Gasteiger partial charge on any atom is -0.267 e. The van der Waals surface area contributed by atoms with E-state index in [0.717, 1.165) is 6.26 Å². The molecular weight excluding hydrogens is 320 g/mol. The Kier molecular flexibility index (Phi) is 4.80. The van der Waals surface area contributed by atoms with Crippen molar-refractivity contribution in [3.05, 3.63) is 39.2 Å². The van der Waals surface area contributed by atoms with Crippen LogP contribution in [0.15, 0.2) is 18.3 Å². The average molecular weight is 335 g/mol. The normalized spacial score (nSPS) is 26.5. The predicted molar refractivity (Wildman–Crippen MR) is 76.3 cm³/mol. The molecule has 3 atom stereocenters. The van der Waals surface area contributed by atoms with E-state index >= 15 is 0 Å². The topological polar surface area (TPSA) is 99.4 Å². The molecule has 0 amide bonds. The van der Waals surface area contributed by atoms with Gasteiger partial charge in [-0.2, -0.15) is 8.42 Å². The molecule has 1 heterocycles. The van der Waals surface area contributed by atoms with Crippen LogP contribution in [0.5, 0.6) is 0 Å². The summed E-state index contributed by atoms with van der Waals surface area (Å²) < 4.78 is 27.4. The summed E-state index contributed by atoms with van der Waals surface area (Å²) in [5.41, 5.74) is 0.669. The number of pyridine rings is 1. The zero-order valence-electron chi connectivity index (χ0n) is 11.3. The van der Waals surface area contributed by atoms with Gasteiger partial charge in [-0.15, -0.1) is 0 Å². The van der Waals surface area contributed by atoms with Gasteiger partial charge in [0.15, 0.2) is 0 Å². The molecule has 0 spiro atoms. The number of hydrogen-bond acceptors (Lipinski definition) is 6. The minimum absolute atomic E-state index is 0.264. The summed E-state index contributed by atoms with van der Waals surface area (Å²) >= 11 is 5.72. The van der Waals surface area contributed by atoms with Crippen molar-refractivity contribution in [2.24, 2.45) is 0 Å². The van der Waals surface area contributed by atoms with Gasteiger partial charge in [0.25, 0.3) is 10.1 Å². The van der Waals surface area contributed by atoms with E-state index in [1.165, 1.54) is 6.20 Å². The molecule has 21 heavy (non-hydrogen) atoms. The van der Waals surface area contributed by atoms with Crippen molar-refractivity contribution in [3.8, 4) is 0 Å². The van der Waals surface area contributed by atoms with Crippen LogP contribution in [0.1, 0.15) is 30.7 Å². The van der Waals surface area contributed by atoms with Crippen molar-refractivity contribution in [1.82, 2.24) is 4.98 Å². The van der Waals surface area contributed by atoms with Gasteiger partial charge in [-0.05, 0) is 24.5 Å². The maximum absolute atomic E-state index is 11.2. The van der Waals surface area contributed by atoms with Crippen molar-refractivity contribution >= 4 is 21.7 Å². The first kappa shape index (κ1) is 16.1. The highest BCUT2D eigenvalue weighted by molar-refractivity contribution is 7.86. The summed E-state index contributed by atoms with van der Waals surface area (Å²) in [6.45, 7) is 0. The fourth-order valence-electron chi connectivity index (χ4n) is 2.67. The Morgan fingerprint density at radius 2 is 2.14 bits per heavy atom. The Bertz CT molecular complexity index is 619. The fourth-order valence-corrected chi connectivity index (χ4v) is 3.45. The maximum Gasteiger partial charge on any atom is 0.264 e. The number of rotatable bonds is 4. The number of nitrogens with zero attached hydrogens (tertiary/aromatic N) is 2. The van der Waals surface area contributed by atoms with Crippen LogP contribution in [0.25, 0.3) is 0 Å². The summed E-state index contributed by atoms with van der Waals surface area (Å²) in [7, 11) is -3.58. The number of aromatic nitrogens is 1. The first-order chi connectivity index (χ1) is 9.76. The molecule has 1 aliphatic carbocycles. The number of nitro groups is 1. The predicted octanol–water partition coefficient (Wildman–Crippen LogP) is 1.99. The molecule has 0 N–H and O–H groups in total. The molecule has 1 saturated carbocycles. The Balaban J connectivity index is 2.23. The molecule has 1 aliphatic rings. The van der Waals surface area contributed by atoms with Crippen LogP contribution in [0.2, 0.25) is 5.15 Å². The molecule has 7 nitrogen and oxygen atoms in total. The average Bonchev–Trinajstić information content (AvgIpc) is 2.37. The van der Waals surface area contributed by atoms with Crippen molar-refractivity contribution in [2.45, 2.75) is 37.3 Å². The largest absolute Gasteiger partial charge is 0.267 e. The van der Waals surface area contributed by atoms with Gasteiger partial charge >= 0.3 is 0 Å². The molecule has 116 valence electrons. The second-order valence-corrected chi connectivity index (χ2v) is 7.10. The fraction of sp³-hybridized carbons (Fsp3) is 0.583. The zero-order chi connectivity index (χ0) is 15.6. The highest BCUT2D eigenvalue weighted by Gasteiger charge is 2.40. The molecule has 0 bridgehead atoms. The third-order valence-electron chi connectivity index (χ3n) is 3.53. The second-order valence-electron chi connectivity index (χ2n) is 5.11. The van der Waals surface area contributed by atoms with Crippen LogP contribution in [-0.2, 0) is 14.3 Å². The van der Waals surface area contributed by atoms with Crippen LogP contribution in [0, 0.1) is 10.1 Å². The highest BCUT2D eigenvalue weighted by atomic mass is 35.5. The molecule has 3 unspecified atom stereocenters. The molecule has 1 aromatic heterocycles. The van der Waals surface area contributed by atoms with Crippen molar-refractivity contribution in [2.75, 3.05) is 6.26 Å². The third kappa shape index (κ3) is 4.36. The lowest BCUT2D eigenvalue weighted by molar-refractivity contribution is -0.530. The maximum atomic E-state index is 11.2. The van der Waals surface area contributed by atoms with E-state index in [1.54, 1.807) is 12.1 Å². The summed E-state index contributed by atoms with van der Waals surface area (Å²) in [6, 6.07) is 2.47. The van der Waals surface area contributed by atoms with E-state index in [1.807, 2.05) is 0 Å². The van der Waals surface area contributed by atoms with E-state index in [0.29, 0.717) is 17.1 Å². The van der Waals surface area contributed by atoms with E-state index in [2.05, 4.69) is 4.98 Å². The van der Waals surface area contributed by atoms with Gasteiger partial charge < -0.3 is 0 Å². The van der Waals surface area contributed by atoms with Gasteiger partial charge in [-0.1, -0.05) is 17.7 Å². The number of hydrogen-bond donors (Lipinski definition) is 0. The van der Waals surface area contributed by atoms with E-state index in [4.69, 9.17) is 15.8 Å². The smallest absolute Gasteiger partial charge is 0.264 e. The van der Waals surface area contributed by atoms with E-state index < -0.39 is 28.2 Å². The lowest BCUT2D eigenvalue weighted by Gasteiger charge is -2.30. The van der Waals surface area contributed by atoms with Gasteiger partial charge in [0.05, 0.1) is 18.3 Å². The van der Waals surface area contributed by atoms with Crippen molar-refractivity contribution in [1.29, 1.82) is 0 Å². The summed E-state index contributed by atoms with van der Waals surface area (Å²) in [5, 5.41) is 11.5. The van der Waals surface area contributed by atoms with Crippen LogP contribution in [-0.4, -0.2) is 36.7 Å². The molecule has 2 rings (SSSR count). The summed E-state index contributed by atoms with van der Waals surface area (Å²) in [4.78, 5) is 14.8. The lowest BCUT2D eigenvalue weighted by atomic mass is 9.79. The monoisotopic (exact) mass is 334 g/mol. The standard InChI is InChI=1S/C12H15ClN2O5S/c1-21(18,19)20-9-3-4-11(15(16)17)10(6-9)8-2-5-12(13)14-7-8/h2,5,7,9-11H,3-4,6H2,1H3. The van der Waals surface area contributed by atoms with Gasteiger partial charge in [-0.3, -0.25) is 14.3 Å². The molecule has 0 aromatic carbocycles. The first-order valence-corrected chi connectivity index (χ1v) is 8.59. The molecule has 9 heteroatoms. The molecule has 1 fully saturated rings. The Labute approximate surface area is 127 Å². The molecule has 1 aromatic rings. The van der Waals surface area contributed by atoms with Crippen LogP contribution < -0.4 is 0 Å². The van der Waals surface area contributed by atoms with Gasteiger partial charge in [-0.25, -0.2) is 4.98 Å². The minimum atomic E-state index is -3.58. The summed E-state index contributed by atoms with van der Waals surface area (Å²) in [6.07, 6.45) is 2.80. The first-order valence-electron chi connectivity index (χ1n) is 6.39. The van der Waals surface area contributed by atoms with Crippen LogP contribution in [0.3, 0.4) is 0 Å².